The maximum atomic E-state index is 5.47. The van der Waals surface area contributed by atoms with Gasteiger partial charge in [-0.2, -0.15) is 11.8 Å². The van der Waals surface area contributed by atoms with Crippen LogP contribution >= 0.6 is 11.8 Å². The molecule has 1 aliphatic rings. The van der Waals surface area contributed by atoms with E-state index in [0.29, 0.717) is 0 Å². The quantitative estimate of drug-likeness (QED) is 0.572. The third-order valence-electron chi connectivity index (χ3n) is 2.02. The molecular weight excluding hydrogens is 156 g/mol. The summed E-state index contributed by atoms with van der Waals surface area (Å²) in [6, 6.07) is 0. The summed E-state index contributed by atoms with van der Waals surface area (Å²) in [4.78, 5) is 0. The second kappa shape index (κ2) is 5.90. The number of rotatable bonds is 6. The minimum atomic E-state index is 0.969. The number of hydrogen-bond donors (Lipinski definition) is 0. The van der Waals surface area contributed by atoms with Crippen molar-refractivity contribution >= 4 is 11.8 Å². The lowest BCUT2D eigenvalue weighted by atomic mass is 10.1. The van der Waals surface area contributed by atoms with Crippen LogP contribution in [0.25, 0.3) is 0 Å². The Kier molecular flexibility index (Phi) is 5.04. The van der Waals surface area contributed by atoms with Gasteiger partial charge in [-0.15, -0.1) is 0 Å². The second-order valence-electron chi connectivity index (χ2n) is 3.16. The maximum absolute atomic E-state index is 5.47. The predicted molar refractivity (Wildman–Crippen MR) is 51.2 cm³/mol. The molecule has 11 heavy (non-hydrogen) atoms. The van der Waals surface area contributed by atoms with Crippen molar-refractivity contribution in [2.45, 2.75) is 26.2 Å². The average molecular weight is 174 g/mol. The van der Waals surface area contributed by atoms with Crippen molar-refractivity contribution in [2.75, 3.05) is 24.7 Å². The van der Waals surface area contributed by atoms with Gasteiger partial charge in [0.25, 0.3) is 0 Å². The first-order chi connectivity index (χ1) is 5.43. The van der Waals surface area contributed by atoms with E-state index < -0.39 is 0 Å². The average Bonchev–Trinajstić information content (AvgIpc) is 1.93. The van der Waals surface area contributed by atoms with Crippen LogP contribution in [0.3, 0.4) is 0 Å². The largest absolute Gasteiger partial charge is 0.381 e. The van der Waals surface area contributed by atoms with Gasteiger partial charge in [-0.1, -0.05) is 13.3 Å². The molecule has 66 valence electrons. The lowest BCUT2D eigenvalue weighted by molar-refractivity contribution is 0.121. The predicted octanol–water partition coefficient (Wildman–Crippen LogP) is 2.56. The fourth-order valence-electron chi connectivity index (χ4n) is 1.05. The highest BCUT2D eigenvalue weighted by atomic mass is 32.2. The summed E-state index contributed by atoms with van der Waals surface area (Å²) < 4.78 is 5.47. The summed E-state index contributed by atoms with van der Waals surface area (Å²) in [5.74, 6) is 3.72. The van der Waals surface area contributed by atoms with Crippen LogP contribution in [0, 0.1) is 5.92 Å². The van der Waals surface area contributed by atoms with Crippen molar-refractivity contribution in [1.29, 1.82) is 0 Å². The monoisotopic (exact) mass is 174 g/mol. The van der Waals surface area contributed by atoms with E-state index in [4.69, 9.17) is 4.74 Å². The molecule has 1 fully saturated rings. The lowest BCUT2D eigenvalue weighted by Gasteiger charge is -2.24. The first-order valence-corrected chi connectivity index (χ1v) is 5.74. The summed E-state index contributed by atoms with van der Waals surface area (Å²) >= 11 is 2.06. The highest BCUT2D eigenvalue weighted by Crippen LogP contribution is 2.26. The zero-order chi connectivity index (χ0) is 7.94. The molecule has 1 saturated heterocycles. The van der Waals surface area contributed by atoms with Crippen molar-refractivity contribution in [3.63, 3.8) is 0 Å². The fraction of sp³-hybridized carbons (Fsp3) is 1.00. The second-order valence-corrected chi connectivity index (χ2v) is 4.23. The minimum Gasteiger partial charge on any atom is -0.381 e. The number of hydrogen-bond acceptors (Lipinski definition) is 2. The van der Waals surface area contributed by atoms with E-state index in [0.717, 1.165) is 19.1 Å². The van der Waals surface area contributed by atoms with Gasteiger partial charge < -0.3 is 4.74 Å². The van der Waals surface area contributed by atoms with Gasteiger partial charge in [0.1, 0.15) is 0 Å². The van der Waals surface area contributed by atoms with Crippen LogP contribution in [-0.2, 0) is 4.74 Å². The molecule has 0 N–H and O–H groups in total. The summed E-state index contributed by atoms with van der Waals surface area (Å²) in [7, 11) is 0. The van der Waals surface area contributed by atoms with Crippen molar-refractivity contribution in [3.8, 4) is 0 Å². The zero-order valence-electron chi connectivity index (χ0n) is 7.34. The first kappa shape index (κ1) is 9.40. The molecule has 0 amide bonds. The maximum Gasteiger partial charge on any atom is 0.0469 e. The Labute approximate surface area is 73.9 Å². The molecule has 0 atom stereocenters. The highest BCUT2D eigenvalue weighted by molar-refractivity contribution is 8.00. The molecule has 0 spiro atoms. The van der Waals surface area contributed by atoms with E-state index in [1.807, 2.05) is 0 Å². The van der Waals surface area contributed by atoms with Crippen LogP contribution in [0.1, 0.15) is 26.2 Å². The molecule has 0 aliphatic carbocycles. The van der Waals surface area contributed by atoms with Gasteiger partial charge in [-0.3, -0.25) is 0 Å². The Bertz CT molecular complexity index is 91.6. The number of unbranched alkanes of at least 4 members (excludes halogenated alkanes) is 1. The molecule has 0 aromatic heterocycles. The van der Waals surface area contributed by atoms with Crippen LogP contribution in [0.4, 0.5) is 0 Å². The Balaban J connectivity index is 1.73. The normalized spacial score (nSPS) is 18.3. The van der Waals surface area contributed by atoms with Gasteiger partial charge in [0.2, 0.25) is 0 Å². The molecule has 0 bridgehead atoms. The van der Waals surface area contributed by atoms with E-state index in [-0.39, 0.29) is 0 Å². The Morgan fingerprint density at radius 2 is 2.18 bits per heavy atom. The Morgan fingerprint density at radius 3 is 2.73 bits per heavy atom. The third kappa shape index (κ3) is 4.02. The van der Waals surface area contributed by atoms with Crippen LogP contribution < -0.4 is 0 Å². The fourth-order valence-corrected chi connectivity index (χ4v) is 1.95. The van der Waals surface area contributed by atoms with Gasteiger partial charge in [-0.05, 0) is 30.3 Å². The minimum absolute atomic E-state index is 0.969. The smallest absolute Gasteiger partial charge is 0.0469 e. The molecule has 0 aromatic carbocycles. The number of ether oxygens (including phenoxy) is 1. The molecule has 0 saturated carbocycles. The van der Waals surface area contributed by atoms with Gasteiger partial charge in [0.05, 0.1) is 0 Å². The third-order valence-corrected chi connectivity index (χ3v) is 3.43. The van der Waals surface area contributed by atoms with Gasteiger partial charge in [0, 0.05) is 13.2 Å². The zero-order valence-corrected chi connectivity index (χ0v) is 8.16. The first-order valence-electron chi connectivity index (χ1n) is 4.59. The van der Waals surface area contributed by atoms with Crippen LogP contribution in [0.5, 0.6) is 0 Å². The molecule has 1 rings (SSSR count). The van der Waals surface area contributed by atoms with Crippen molar-refractivity contribution in [3.05, 3.63) is 0 Å². The van der Waals surface area contributed by atoms with Crippen molar-refractivity contribution in [1.82, 2.24) is 0 Å². The lowest BCUT2D eigenvalue weighted by Crippen LogP contribution is -2.19. The molecule has 1 aliphatic heterocycles. The van der Waals surface area contributed by atoms with Crippen molar-refractivity contribution < 1.29 is 4.74 Å². The molecule has 0 unspecified atom stereocenters. The molecule has 2 heteroatoms. The van der Waals surface area contributed by atoms with E-state index in [1.165, 1.54) is 30.8 Å². The van der Waals surface area contributed by atoms with Crippen molar-refractivity contribution in [2.24, 2.45) is 5.92 Å². The molecule has 0 radical (unpaired) electrons. The topological polar surface area (TPSA) is 9.23 Å². The highest BCUT2D eigenvalue weighted by Gasteiger charge is 2.16. The summed E-state index contributed by atoms with van der Waals surface area (Å²) in [5.41, 5.74) is 0. The van der Waals surface area contributed by atoms with Crippen LogP contribution in [0.2, 0.25) is 0 Å². The standard InChI is InChI=1S/C9H18OS/c1-2-3-5-10-6-4-9-7-11-8-9/h9H,2-8H2,1H3. The summed E-state index contributed by atoms with van der Waals surface area (Å²) in [5, 5.41) is 0. The van der Waals surface area contributed by atoms with E-state index in [9.17, 15) is 0 Å². The van der Waals surface area contributed by atoms with Crippen LogP contribution in [0.15, 0.2) is 0 Å². The Morgan fingerprint density at radius 1 is 1.36 bits per heavy atom. The van der Waals surface area contributed by atoms with Gasteiger partial charge in [-0.25, -0.2) is 0 Å². The van der Waals surface area contributed by atoms with E-state index >= 15 is 0 Å². The summed E-state index contributed by atoms with van der Waals surface area (Å²) in [6.07, 6.45) is 3.76. The van der Waals surface area contributed by atoms with Crippen LogP contribution in [-0.4, -0.2) is 24.7 Å². The van der Waals surface area contributed by atoms with E-state index in [2.05, 4.69) is 18.7 Å². The molecular formula is C9H18OS. The van der Waals surface area contributed by atoms with Gasteiger partial charge in [0.15, 0.2) is 0 Å². The Hall–Kier alpha value is 0.310. The van der Waals surface area contributed by atoms with E-state index in [1.54, 1.807) is 0 Å². The number of thioether (sulfide) groups is 1. The molecule has 1 nitrogen and oxygen atoms in total. The molecule has 1 heterocycles. The summed E-state index contributed by atoms with van der Waals surface area (Å²) in [6.45, 7) is 4.16. The SMILES string of the molecule is CCCCOCCC1CSC1. The van der Waals surface area contributed by atoms with Gasteiger partial charge >= 0.3 is 0 Å². The molecule has 0 aromatic rings.